The molecule has 2 rings (SSSR count). The second-order valence-electron chi connectivity index (χ2n) is 6.79. The Morgan fingerprint density at radius 2 is 1.43 bits per heavy atom. The molecule has 1 aromatic heterocycles. The molecule has 0 amide bonds. The Hall–Kier alpha value is -0.760. The molecule has 0 aromatic carbocycles. The maximum Gasteiger partial charge on any atom is 0.120 e. The molecule has 0 radical (unpaired) electrons. The van der Waals surface area contributed by atoms with Crippen LogP contribution in [0.15, 0.2) is 16.5 Å². The Kier molecular flexibility index (Phi) is 7.35. The zero-order chi connectivity index (χ0) is 14.9. The summed E-state index contributed by atoms with van der Waals surface area (Å²) in [6.07, 6.45) is 15.4. The molecule has 0 spiro atoms. The Morgan fingerprint density at radius 1 is 0.905 bits per heavy atom. The molecule has 1 N–H and O–H groups in total. The van der Waals surface area contributed by atoms with Gasteiger partial charge in [0.15, 0.2) is 0 Å². The predicted octanol–water partition coefficient (Wildman–Crippen LogP) is 5.91. The van der Waals surface area contributed by atoms with Gasteiger partial charge in [0, 0.05) is 6.04 Å². The predicted molar refractivity (Wildman–Crippen MR) is 89.6 cm³/mol. The van der Waals surface area contributed by atoms with Crippen LogP contribution in [0.25, 0.3) is 0 Å². The molecule has 1 fully saturated rings. The minimum atomic E-state index is 0.330. The van der Waals surface area contributed by atoms with Crippen molar-refractivity contribution in [3.05, 3.63) is 23.7 Å². The Labute approximate surface area is 130 Å². The Morgan fingerprint density at radius 3 is 1.90 bits per heavy atom. The highest BCUT2D eigenvalue weighted by Gasteiger charge is 2.15. The summed E-state index contributed by atoms with van der Waals surface area (Å²) in [7, 11) is 0. The first kappa shape index (κ1) is 16.6. The zero-order valence-corrected chi connectivity index (χ0v) is 14.0. The zero-order valence-electron chi connectivity index (χ0n) is 14.0. The van der Waals surface area contributed by atoms with Crippen molar-refractivity contribution in [1.29, 1.82) is 0 Å². The van der Waals surface area contributed by atoms with E-state index in [9.17, 15) is 0 Å². The molecule has 0 aliphatic heterocycles. The van der Waals surface area contributed by atoms with E-state index < -0.39 is 0 Å². The van der Waals surface area contributed by atoms with Gasteiger partial charge < -0.3 is 9.73 Å². The SMILES string of the molecule is Cc1ccc(C(C)NC2CCCCCCCCCCC2)o1. The van der Waals surface area contributed by atoms with E-state index >= 15 is 0 Å². The highest BCUT2D eigenvalue weighted by atomic mass is 16.3. The second kappa shape index (κ2) is 9.30. The fraction of sp³-hybridized carbons (Fsp3) is 0.789. The van der Waals surface area contributed by atoms with Crippen LogP contribution in [0.3, 0.4) is 0 Å². The van der Waals surface area contributed by atoms with Gasteiger partial charge in [-0.3, -0.25) is 0 Å². The third kappa shape index (κ3) is 6.25. The topological polar surface area (TPSA) is 25.2 Å². The molecule has 1 unspecified atom stereocenters. The lowest BCUT2D eigenvalue weighted by molar-refractivity contribution is 0.341. The number of hydrogen-bond donors (Lipinski definition) is 1. The van der Waals surface area contributed by atoms with Crippen LogP contribution in [0.2, 0.25) is 0 Å². The third-order valence-electron chi connectivity index (χ3n) is 4.78. The van der Waals surface area contributed by atoms with Crippen LogP contribution in [-0.4, -0.2) is 6.04 Å². The molecular formula is C19H33NO. The highest BCUT2D eigenvalue weighted by molar-refractivity contribution is 5.09. The number of aryl methyl sites for hydroxylation is 1. The first-order valence-electron chi connectivity index (χ1n) is 9.08. The van der Waals surface area contributed by atoms with E-state index in [1.54, 1.807) is 0 Å². The molecule has 1 aromatic rings. The molecular weight excluding hydrogens is 258 g/mol. The molecule has 21 heavy (non-hydrogen) atoms. The largest absolute Gasteiger partial charge is 0.465 e. The average Bonchev–Trinajstić information content (AvgIpc) is 2.88. The maximum atomic E-state index is 5.76. The summed E-state index contributed by atoms with van der Waals surface area (Å²) < 4.78 is 5.76. The number of furan rings is 1. The van der Waals surface area contributed by atoms with E-state index in [0.717, 1.165) is 11.5 Å². The van der Waals surface area contributed by atoms with Crippen LogP contribution in [-0.2, 0) is 0 Å². The van der Waals surface area contributed by atoms with Crippen molar-refractivity contribution >= 4 is 0 Å². The lowest BCUT2D eigenvalue weighted by Gasteiger charge is -2.23. The fourth-order valence-electron chi connectivity index (χ4n) is 3.45. The maximum absolute atomic E-state index is 5.76. The molecule has 120 valence electrons. The van der Waals surface area contributed by atoms with E-state index in [0.29, 0.717) is 12.1 Å². The van der Waals surface area contributed by atoms with Crippen molar-refractivity contribution in [1.82, 2.24) is 5.32 Å². The normalized spacial score (nSPS) is 21.4. The summed E-state index contributed by atoms with van der Waals surface area (Å²) in [5.74, 6) is 2.09. The lowest BCUT2D eigenvalue weighted by atomic mass is 9.97. The van der Waals surface area contributed by atoms with Crippen molar-refractivity contribution in [2.45, 2.75) is 96.6 Å². The van der Waals surface area contributed by atoms with Crippen molar-refractivity contribution in [3.8, 4) is 0 Å². The Bertz CT molecular complexity index is 373. The molecule has 1 aliphatic carbocycles. The van der Waals surface area contributed by atoms with Crippen LogP contribution in [0.1, 0.15) is 95.1 Å². The van der Waals surface area contributed by atoms with E-state index in [-0.39, 0.29) is 0 Å². The van der Waals surface area contributed by atoms with Gasteiger partial charge in [0.25, 0.3) is 0 Å². The molecule has 2 heteroatoms. The first-order valence-corrected chi connectivity index (χ1v) is 9.08. The average molecular weight is 291 g/mol. The van der Waals surface area contributed by atoms with Gasteiger partial charge in [-0.2, -0.15) is 0 Å². The van der Waals surface area contributed by atoms with Crippen molar-refractivity contribution < 1.29 is 4.42 Å². The molecule has 1 saturated carbocycles. The van der Waals surface area contributed by atoms with E-state index in [1.807, 2.05) is 6.92 Å². The van der Waals surface area contributed by atoms with Gasteiger partial charge in [-0.1, -0.05) is 57.8 Å². The number of hydrogen-bond acceptors (Lipinski definition) is 2. The van der Waals surface area contributed by atoms with Gasteiger partial charge in [0.05, 0.1) is 6.04 Å². The van der Waals surface area contributed by atoms with Gasteiger partial charge in [0.2, 0.25) is 0 Å². The van der Waals surface area contributed by atoms with Crippen LogP contribution < -0.4 is 5.32 Å². The second-order valence-corrected chi connectivity index (χ2v) is 6.79. The van der Waals surface area contributed by atoms with Gasteiger partial charge in [-0.25, -0.2) is 0 Å². The fourth-order valence-corrected chi connectivity index (χ4v) is 3.45. The van der Waals surface area contributed by atoms with Gasteiger partial charge in [-0.15, -0.1) is 0 Å². The third-order valence-corrected chi connectivity index (χ3v) is 4.78. The monoisotopic (exact) mass is 291 g/mol. The van der Waals surface area contributed by atoms with Crippen LogP contribution >= 0.6 is 0 Å². The van der Waals surface area contributed by atoms with Crippen molar-refractivity contribution in [2.75, 3.05) is 0 Å². The molecule has 1 heterocycles. The van der Waals surface area contributed by atoms with Crippen molar-refractivity contribution in [3.63, 3.8) is 0 Å². The summed E-state index contributed by atoms with van der Waals surface area (Å²) in [6, 6.07) is 5.16. The molecule has 1 atom stereocenters. The quantitative estimate of drug-likeness (QED) is 0.748. The van der Waals surface area contributed by atoms with Crippen LogP contribution in [0.4, 0.5) is 0 Å². The number of rotatable bonds is 3. The van der Waals surface area contributed by atoms with Gasteiger partial charge in [0.1, 0.15) is 11.5 Å². The molecule has 2 nitrogen and oxygen atoms in total. The minimum absolute atomic E-state index is 0.330. The minimum Gasteiger partial charge on any atom is -0.465 e. The highest BCUT2D eigenvalue weighted by Crippen LogP contribution is 2.21. The summed E-state index contributed by atoms with van der Waals surface area (Å²) in [6.45, 7) is 4.25. The molecule has 0 saturated heterocycles. The van der Waals surface area contributed by atoms with E-state index in [1.165, 1.54) is 70.6 Å². The lowest BCUT2D eigenvalue weighted by Crippen LogP contribution is -2.31. The smallest absolute Gasteiger partial charge is 0.120 e. The summed E-state index contributed by atoms with van der Waals surface area (Å²) >= 11 is 0. The number of nitrogens with one attached hydrogen (secondary N) is 1. The summed E-state index contributed by atoms with van der Waals surface area (Å²) in [4.78, 5) is 0. The Balaban J connectivity index is 1.82. The van der Waals surface area contributed by atoms with E-state index in [4.69, 9.17) is 4.42 Å². The standard InChI is InChI=1S/C19H33NO/c1-16-14-15-19(21-16)17(2)20-18-12-10-8-6-4-3-5-7-9-11-13-18/h14-15,17-18,20H,3-13H2,1-2H3. The van der Waals surface area contributed by atoms with Gasteiger partial charge in [-0.05, 0) is 38.8 Å². The summed E-state index contributed by atoms with van der Waals surface area (Å²) in [5, 5.41) is 3.81. The van der Waals surface area contributed by atoms with Crippen LogP contribution in [0, 0.1) is 6.92 Å². The summed E-state index contributed by atoms with van der Waals surface area (Å²) in [5.41, 5.74) is 0. The van der Waals surface area contributed by atoms with Crippen LogP contribution in [0.5, 0.6) is 0 Å². The van der Waals surface area contributed by atoms with Gasteiger partial charge >= 0.3 is 0 Å². The van der Waals surface area contributed by atoms with E-state index in [2.05, 4.69) is 24.4 Å². The molecule has 1 aliphatic rings. The molecule has 0 bridgehead atoms. The first-order chi connectivity index (χ1) is 10.3. The van der Waals surface area contributed by atoms with Crippen molar-refractivity contribution in [2.24, 2.45) is 0 Å².